The Balaban J connectivity index is 2.04. The van der Waals surface area contributed by atoms with Crippen LogP contribution in [0.1, 0.15) is 13.3 Å². The van der Waals surface area contributed by atoms with Crippen molar-refractivity contribution in [1.29, 1.82) is 0 Å². The van der Waals surface area contributed by atoms with Gasteiger partial charge in [0.1, 0.15) is 11.3 Å². The lowest BCUT2D eigenvalue weighted by atomic mass is 10.2. The number of halogens is 1. The van der Waals surface area contributed by atoms with Crippen molar-refractivity contribution < 1.29 is 9.13 Å². The molecule has 2 aromatic carbocycles. The second kappa shape index (κ2) is 5.44. The zero-order valence-corrected chi connectivity index (χ0v) is 11.7. The van der Waals surface area contributed by atoms with E-state index < -0.39 is 0 Å². The predicted molar refractivity (Wildman–Crippen MR) is 81.2 cm³/mol. The van der Waals surface area contributed by atoms with E-state index in [0.29, 0.717) is 12.1 Å². The fourth-order valence-corrected chi connectivity index (χ4v) is 2.27. The highest BCUT2D eigenvalue weighted by molar-refractivity contribution is 5.81. The number of nitrogen functional groups attached to an aromatic ring is 1. The molecule has 0 amide bonds. The van der Waals surface area contributed by atoms with Crippen LogP contribution in [-0.4, -0.2) is 16.2 Å². The first-order chi connectivity index (χ1) is 10.2. The maximum Gasteiger partial charge on any atom is 0.206 e. The van der Waals surface area contributed by atoms with Gasteiger partial charge in [0, 0.05) is 5.69 Å². The zero-order valence-electron chi connectivity index (χ0n) is 11.7. The summed E-state index contributed by atoms with van der Waals surface area (Å²) in [6.45, 7) is 2.74. The van der Waals surface area contributed by atoms with Gasteiger partial charge in [0.25, 0.3) is 0 Å². The van der Waals surface area contributed by atoms with E-state index in [1.165, 1.54) is 6.07 Å². The monoisotopic (exact) mass is 285 g/mol. The van der Waals surface area contributed by atoms with Crippen molar-refractivity contribution in [2.75, 3.05) is 12.3 Å². The number of aromatic nitrogens is 2. The molecule has 0 spiro atoms. The number of imidazole rings is 1. The predicted octanol–water partition coefficient (Wildman–Crippen LogP) is 3.54. The van der Waals surface area contributed by atoms with Crippen LogP contribution >= 0.6 is 0 Å². The SMILES string of the molecule is CCCOc1ccc(-n2c(N)nc3c(F)cccc32)cc1. The van der Waals surface area contributed by atoms with E-state index in [9.17, 15) is 4.39 Å². The van der Waals surface area contributed by atoms with E-state index in [4.69, 9.17) is 10.5 Å². The Labute approximate surface area is 122 Å². The number of hydrogen-bond acceptors (Lipinski definition) is 3. The molecule has 108 valence electrons. The van der Waals surface area contributed by atoms with Gasteiger partial charge >= 0.3 is 0 Å². The first kappa shape index (κ1) is 13.4. The van der Waals surface area contributed by atoms with E-state index in [2.05, 4.69) is 11.9 Å². The lowest BCUT2D eigenvalue weighted by Gasteiger charge is -2.08. The van der Waals surface area contributed by atoms with Crippen molar-refractivity contribution in [2.24, 2.45) is 0 Å². The molecule has 3 rings (SSSR count). The summed E-state index contributed by atoms with van der Waals surface area (Å²) in [6, 6.07) is 12.3. The zero-order chi connectivity index (χ0) is 14.8. The molecule has 0 saturated carbocycles. The van der Waals surface area contributed by atoms with Crippen LogP contribution in [0.5, 0.6) is 5.75 Å². The third kappa shape index (κ3) is 2.42. The third-order valence-electron chi connectivity index (χ3n) is 3.23. The summed E-state index contributed by atoms with van der Waals surface area (Å²) >= 11 is 0. The van der Waals surface area contributed by atoms with Gasteiger partial charge in [-0.05, 0) is 42.8 Å². The van der Waals surface area contributed by atoms with Crippen molar-refractivity contribution in [3.05, 3.63) is 48.3 Å². The number of nitrogens with two attached hydrogens (primary N) is 1. The van der Waals surface area contributed by atoms with Gasteiger partial charge in [-0.1, -0.05) is 13.0 Å². The summed E-state index contributed by atoms with van der Waals surface area (Å²) in [7, 11) is 0. The Morgan fingerprint density at radius 3 is 2.67 bits per heavy atom. The molecule has 0 radical (unpaired) electrons. The summed E-state index contributed by atoms with van der Waals surface area (Å²) in [5.74, 6) is 0.688. The maximum absolute atomic E-state index is 13.7. The van der Waals surface area contributed by atoms with Crippen LogP contribution in [0.2, 0.25) is 0 Å². The lowest BCUT2D eigenvalue weighted by molar-refractivity contribution is 0.317. The van der Waals surface area contributed by atoms with E-state index in [-0.39, 0.29) is 17.3 Å². The molecule has 0 unspecified atom stereocenters. The average Bonchev–Trinajstić information content (AvgIpc) is 2.83. The molecule has 0 bridgehead atoms. The number of rotatable bonds is 4. The first-order valence-electron chi connectivity index (χ1n) is 6.86. The van der Waals surface area contributed by atoms with Gasteiger partial charge in [-0.3, -0.25) is 4.57 Å². The van der Waals surface area contributed by atoms with Crippen LogP contribution < -0.4 is 10.5 Å². The Bertz CT molecular complexity index is 765. The standard InChI is InChI=1S/C16H16FN3O/c1-2-10-21-12-8-6-11(7-9-12)20-14-5-3-4-13(17)15(14)19-16(20)18/h3-9H,2,10H2,1H3,(H2,18,19). The molecular formula is C16H16FN3O. The molecule has 1 aromatic heterocycles. The fourth-order valence-electron chi connectivity index (χ4n) is 2.27. The number of anilines is 1. The van der Waals surface area contributed by atoms with Crippen LogP contribution in [0.25, 0.3) is 16.7 Å². The number of nitrogens with zero attached hydrogens (tertiary/aromatic N) is 2. The highest BCUT2D eigenvalue weighted by atomic mass is 19.1. The van der Waals surface area contributed by atoms with Crippen LogP contribution in [0.3, 0.4) is 0 Å². The number of fused-ring (bicyclic) bond motifs is 1. The second-order valence-corrected chi connectivity index (χ2v) is 4.76. The van der Waals surface area contributed by atoms with Gasteiger partial charge < -0.3 is 10.5 Å². The van der Waals surface area contributed by atoms with Crippen molar-refractivity contribution >= 4 is 17.0 Å². The summed E-state index contributed by atoms with van der Waals surface area (Å²) in [4.78, 5) is 4.10. The molecule has 3 aromatic rings. The number of hydrogen-bond donors (Lipinski definition) is 1. The number of benzene rings is 2. The smallest absolute Gasteiger partial charge is 0.206 e. The van der Waals surface area contributed by atoms with E-state index >= 15 is 0 Å². The largest absolute Gasteiger partial charge is 0.494 e. The van der Waals surface area contributed by atoms with E-state index in [0.717, 1.165) is 17.9 Å². The highest BCUT2D eigenvalue weighted by Gasteiger charge is 2.12. The van der Waals surface area contributed by atoms with Crippen molar-refractivity contribution in [1.82, 2.24) is 9.55 Å². The minimum absolute atomic E-state index is 0.261. The Morgan fingerprint density at radius 1 is 1.19 bits per heavy atom. The summed E-state index contributed by atoms with van der Waals surface area (Å²) in [6.07, 6.45) is 0.958. The normalized spacial score (nSPS) is 11.0. The highest BCUT2D eigenvalue weighted by Crippen LogP contribution is 2.25. The van der Waals surface area contributed by atoms with Crippen molar-refractivity contribution in [3.63, 3.8) is 0 Å². The summed E-state index contributed by atoms with van der Waals surface area (Å²) in [5.41, 5.74) is 7.68. The van der Waals surface area contributed by atoms with Gasteiger partial charge in [-0.15, -0.1) is 0 Å². The van der Waals surface area contributed by atoms with Crippen LogP contribution in [-0.2, 0) is 0 Å². The van der Waals surface area contributed by atoms with Crippen LogP contribution in [0, 0.1) is 5.82 Å². The van der Waals surface area contributed by atoms with Gasteiger partial charge in [0.05, 0.1) is 12.1 Å². The fraction of sp³-hybridized carbons (Fsp3) is 0.188. The number of para-hydroxylation sites is 1. The molecule has 4 nitrogen and oxygen atoms in total. The van der Waals surface area contributed by atoms with E-state index in [1.807, 2.05) is 24.3 Å². The van der Waals surface area contributed by atoms with Gasteiger partial charge in [0.15, 0.2) is 5.82 Å². The first-order valence-corrected chi connectivity index (χ1v) is 6.86. The van der Waals surface area contributed by atoms with Gasteiger partial charge in [-0.2, -0.15) is 0 Å². The number of ether oxygens (including phenoxy) is 1. The Kier molecular flexibility index (Phi) is 3.48. The molecule has 0 aliphatic carbocycles. The topological polar surface area (TPSA) is 53.1 Å². The lowest BCUT2D eigenvalue weighted by Crippen LogP contribution is -2.01. The van der Waals surface area contributed by atoms with Crippen LogP contribution in [0.15, 0.2) is 42.5 Å². The van der Waals surface area contributed by atoms with Crippen LogP contribution in [0.4, 0.5) is 10.3 Å². The molecule has 1 heterocycles. The Hall–Kier alpha value is -2.56. The molecule has 0 atom stereocenters. The quantitative estimate of drug-likeness (QED) is 0.797. The summed E-state index contributed by atoms with van der Waals surface area (Å²) < 4.78 is 21.0. The minimum Gasteiger partial charge on any atom is -0.494 e. The molecule has 5 heteroatoms. The van der Waals surface area contributed by atoms with Gasteiger partial charge in [0.2, 0.25) is 5.95 Å². The molecule has 0 aliphatic heterocycles. The van der Waals surface area contributed by atoms with Crippen molar-refractivity contribution in [3.8, 4) is 11.4 Å². The molecule has 0 fully saturated rings. The minimum atomic E-state index is -0.374. The van der Waals surface area contributed by atoms with Gasteiger partial charge in [-0.25, -0.2) is 9.37 Å². The third-order valence-corrected chi connectivity index (χ3v) is 3.23. The second-order valence-electron chi connectivity index (χ2n) is 4.76. The average molecular weight is 285 g/mol. The summed E-state index contributed by atoms with van der Waals surface area (Å²) in [5, 5.41) is 0. The Morgan fingerprint density at radius 2 is 1.95 bits per heavy atom. The molecule has 0 aliphatic rings. The molecular weight excluding hydrogens is 269 g/mol. The molecule has 21 heavy (non-hydrogen) atoms. The van der Waals surface area contributed by atoms with E-state index in [1.54, 1.807) is 16.7 Å². The molecule has 2 N–H and O–H groups in total. The molecule has 0 saturated heterocycles. The van der Waals surface area contributed by atoms with Crippen molar-refractivity contribution in [2.45, 2.75) is 13.3 Å². The maximum atomic E-state index is 13.7.